The molecule has 1 aromatic carbocycles. The van der Waals surface area contributed by atoms with Gasteiger partial charge < -0.3 is 10.2 Å². The smallest absolute Gasteiger partial charge is 0.240 e. The van der Waals surface area contributed by atoms with Crippen LogP contribution in [0.25, 0.3) is 0 Å². The summed E-state index contributed by atoms with van der Waals surface area (Å²) in [7, 11) is -1.96. The molecule has 2 atom stereocenters. The zero-order valence-corrected chi connectivity index (χ0v) is 21.7. The molecule has 0 aromatic heterocycles. The molecule has 0 unspecified atom stereocenters. The predicted octanol–water partition coefficient (Wildman–Crippen LogP) is 3.72. The molecule has 1 heterocycles. The topological polar surface area (TPSA) is 95.6 Å². The molecule has 2 saturated carbocycles. The highest BCUT2D eigenvalue weighted by atomic mass is 32.2. The standard InChI is InChI=1S/C26H39N3O4S/c1-17-7-5-6-8-22(17)28-24(30)19-11-9-18(10-12-19)16-27-34(32,33)20-13-14-23-21(15-20)26(2,3)25(31)29(23)4/h13-15,17-19,22,27H,5-12,16H2,1-4H3,(H,28,30)/t17-,18?,19?,22-/m1/s1. The number of rotatable bonds is 6. The Hall–Kier alpha value is -1.93. The van der Waals surface area contributed by atoms with Gasteiger partial charge in [0.25, 0.3) is 0 Å². The maximum atomic E-state index is 13.0. The molecule has 2 amide bonds. The fourth-order valence-corrected chi connectivity index (χ4v) is 7.03. The van der Waals surface area contributed by atoms with Crippen molar-refractivity contribution in [2.24, 2.45) is 17.8 Å². The Morgan fingerprint density at radius 2 is 1.76 bits per heavy atom. The molecular weight excluding hydrogens is 450 g/mol. The van der Waals surface area contributed by atoms with Gasteiger partial charge in [0.15, 0.2) is 0 Å². The van der Waals surface area contributed by atoms with Crippen molar-refractivity contribution in [3.05, 3.63) is 23.8 Å². The summed E-state index contributed by atoms with van der Waals surface area (Å²) in [6, 6.07) is 5.22. The van der Waals surface area contributed by atoms with E-state index in [0.717, 1.165) is 43.4 Å². The van der Waals surface area contributed by atoms with E-state index >= 15 is 0 Å². The van der Waals surface area contributed by atoms with Crippen LogP contribution < -0.4 is 14.9 Å². The third-order valence-corrected chi connectivity index (χ3v) is 9.79. The number of benzene rings is 1. The summed E-state index contributed by atoms with van der Waals surface area (Å²) in [5.41, 5.74) is 0.749. The van der Waals surface area contributed by atoms with Gasteiger partial charge in [-0.1, -0.05) is 19.8 Å². The van der Waals surface area contributed by atoms with E-state index in [0.29, 0.717) is 18.5 Å². The van der Waals surface area contributed by atoms with Gasteiger partial charge in [-0.25, -0.2) is 13.1 Å². The molecule has 0 saturated heterocycles. The van der Waals surface area contributed by atoms with Crippen LogP contribution >= 0.6 is 0 Å². The van der Waals surface area contributed by atoms with E-state index in [4.69, 9.17) is 0 Å². The minimum absolute atomic E-state index is 0.0375. The highest BCUT2D eigenvalue weighted by Gasteiger charge is 2.42. The fraction of sp³-hybridized carbons (Fsp3) is 0.692. The number of anilines is 1. The Bertz CT molecular complexity index is 1040. The first-order valence-electron chi connectivity index (χ1n) is 12.7. The lowest BCUT2D eigenvalue weighted by molar-refractivity contribution is -0.127. The van der Waals surface area contributed by atoms with Crippen LogP contribution in [0.5, 0.6) is 0 Å². The Kier molecular flexibility index (Phi) is 7.11. The molecule has 1 aliphatic heterocycles. The molecule has 0 spiro atoms. The molecule has 8 heteroatoms. The van der Waals surface area contributed by atoms with Gasteiger partial charge in [0.05, 0.1) is 10.3 Å². The van der Waals surface area contributed by atoms with Gasteiger partial charge in [0.1, 0.15) is 0 Å². The number of hydrogen-bond acceptors (Lipinski definition) is 4. The van der Waals surface area contributed by atoms with Gasteiger partial charge in [-0.3, -0.25) is 9.59 Å². The quantitative estimate of drug-likeness (QED) is 0.637. The summed E-state index contributed by atoms with van der Waals surface area (Å²) < 4.78 is 28.8. The van der Waals surface area contributed by atoms with E-state index in [9.17, 15) is 18.0 Å². The maximum absolute atomic E-state index is 13.0. The average molecular weight is 490 g/mol. The number of carbonyl (C=O) groups is 2. The van der Waals surface area contributed by atoms with Crippen molar-refractivity contribution >= 4 is 27.5 Å². The van der Waals surface area contributed by atoms with Crippen LogP contribution in [0.4, 0.5) is 5.69 Å². The van der Waals surface area contributed by atoms with Gasteiger partial charge in [-0.15, -0.1) is 0 Å². The van der Waals surface area contributed by atoms with Crippen molar-refractivity contribution in [1.82, 2.24) is 10.0 Å². The number of carbonyl (C=O) groups excluding carboxylic acids is 2. The Morgan fingerprint density at radius 1 is 1.09 bits per heavy atom. The Labute approximate surface area is 204 Å². The van der Waals surface area contributed by atoms with Crippen LogP contribution in [-0.2, 0) is 25.0 Å². The Balaban J connectivity index is 1.30. The van der Waals surface area contributed by atoms with Gasteiger partial charge in [0.2, 0.25) is 21.8 Å². The van der Waals surface area contributed by atoms with E-state index in [1.807, 2.05) is 13.8 Å². The molecule has 3 aliphatic rings. The molecular formula is C26H39N3O4S. The summed E-state index contributed by atoms with van der Waals surface area (Å²) in [5.74, 6) is 0.954. The van der Waals surface area contributed by atoms with Crippen molar-refractivity contribution in [3.8, 4) is 0 Å². The van der Waals surface area contributed by atoms with Crippen molar-refractivity contribution in [1.29, 1.82) is 0 Å². The number of likely N-dealkylation sites (N-methyl/N-ethyl adjacent to an activating group) is 1. The van der Waals surface area contributed by atoms with Crippen molar-refractivity contribution in [3.63, 3.8) is 0 Å². The maximum Gasteiger partial charge on any atom is 0.240 e. The van der Waals surface area contributed by atoms with E-state index in [1.165, 1.54) is 19.3 Å². The summed E-state index contributed by atoms with van der Waals surface area (Å²) in [6.07, 6.45) is 8.01. The van der Waals surface area contributed by atoms with E-state index < -0.39 is 15.4 Å². The monoisotopic (exact) mass is 489 g/mol. The third-order valence-electron chi connectivity index (χ3n) is 8.37. The molecule has 4 rings (SSSR count). The van der Waals surface area contributed by atoms with Crippen LogP contribution in [0, 0.1) is 17.8 Å². The molecule has 188 valence electrons. The normalized spacial score (nSPS) is 29.1. The van der Waals surface area contributed by atoms with E-state index in [1.54, 1.807) is 30.1 Å². The fourth-order valence-electron chi connectivity index (χ4n) is 5.89. The molecule has 7 nitrogen and oxygen atoms in total. The van der Waals surface area contributed by atoms with Crippen molar-refractivity contribution < 1.29 is 18.0 Å². The largest absolute Gasteiger partial charge is 0.353 e. The van der Waals surface area contributed by atoms with Crippen molar-refractivity contribution in [2.75, 3.05) is 18.5 Å². The second kappa shape index (κ2) is 9.61. The first-order chi connectivity index (χ1) is 16.0. The molecule has 2 N–H and O–H groups in total. The Morgan fingerprint density at radius 3 is 2.44 bits per heavy atom. The van der Waals surface area contributed by atoms with E-state index in [-0.39, 0.29) is 28.5 Å². The molecule has 1 aromatic rings. The third kappa shape index (κ3) is 4.89. The highest BCUT2D eigenvalue weighted by Crippen LogP contribution is 2.41. The molecule has 2 fully saturated rings. The predicted molar refractivity (Wildman–Crippen MR) is 133 cm³/mol. The van der Waals surface area contributed by atoms with E-state index in [2.05, 4.69) is 17.0 Å². The van der Waals surface area contributed by atoms with Gasteiger partial charge in [-0.05, 0) is 88.0 Å². The summed E-state index contributed by atoms with van der Waals surface area (Å²) >= 11 is 0. The summed E-state index contributed by atoms with van der Waals surface area (Å²) in [5, 5.41) is 3.29. The van der Waals surface area contributed by atoms with Crippen LogP contribution in [0.3, 0.4) is 0 Å². The second-order valence-corrected chi connectivity index (χ2v) is 12.9. The molecule has 2 aliphatic carbocycles. The summed E-state index contributed by atoms with van der Waals surface area (Å²) in [6.45, 7) is 6.25. The molecule has 0 radical (unpaired) electrons. The number of hydrogen-bond donors (Lipinski definition) is 2. The van der Waals surface area contributed by atoms with Gasteiger partial charge in [0, 0.05) is 31.2 Å². The number of nitrogens with one attached hydrogen (secondary N) is 2. The lowest BCUT2D eigenvalue weighted by Crippen LogP contribution is -2.44. The zero-order chi connectivity index (χ0) is 24.7. The second-order valence-electron chi connectivity index (χ2n) is 11.1. The zero-order valence-electron chi connectivity index (χ0n) is 20.9. The highest BCUT2D eigenvalue weighted by molar-refractivity contribution is 7.89. The summed E-state index contributed by atoms with van der Waals surface area (Å²) in [4.78, 5) is 27.1. The van der Waals surface area contributed by atoms with Crippen LogP contribution in [0.2, 0.25) is 0 Å². The number of fused-ring (bicyclic) bond motifs is 1. The first-order valence-corrected chi connectivity index (χ1v) is 14.2. The minimum Gasteiger partial charge on any atom is -0.353 e. The van der Waals surface area contributed by atoms with Crippen molar-refractivity contribution in [2.45, 2.75) is 88.5 Å². The lowest BCUT2D eigenvalue weighted by Gasteiger charge is -2.33. The molecule has 0 bridgehead atoms. The number of nitrogens with zero attached hydrogens (tertiary/aromatic N) is 1. The van der Waals surface area contributed by atoms with Gasteiger partial charge in [-0.2, -0.15) is 0 Å². The number of sulfonamides is 1. The van der Waals surface area contributed by atoms with Crippen LogP contribution in [0.15, 0.2) is 23.1 Å². The first kappa shape index (κ1) is 25.2. The van der Waals surface area contributed by atoms with Crippen LogP contribution in [-0.4, -0.2) is 39.9 Å². The lowest BCUT2D eigenvalue weighted by atomic mass is 9.80. The molecule has 34 heavy (non-hydrogen) atoms. The SMILES string of the molecule is C[C@@H]1CCCC[C@H]1NC(=O)C1CCC(CNS(=O)(=O)c2ccc3c(c2)C(C)(C)C(=O)N3C)CC1. The number of amides is 2. The average Bonchev–Trinajstić information content (AvgIpc) is 2.99. The minimum atomic E-state index is -3.68. The van der Waals surface area contributed by atoms with Gasteiger partial charge >= 0.3 is 0 Å². The van der Waals surface area contributed by atoms with Crippen LogP contribution in [0.1, 0.15) is 77.7 Å².